The Balaban J connectivity index is -0.0000000720. The Morgan fingerprint density at radius 1 is 1.44 bits per heavy atom. The van der Waals surface area contributed by atoms with Crippen molar-refractivity contribution in [2.75, 3.05) is 0 Å². The van der Waals surface area contributed by atoms with Gasteiger partial charge in [0.25, 0.3) is 0 Å². The first-order chi connectivity index (χ1) is 3.46. The third kappa shape index (κ3) is 127. The summed E-state index contributed by atoms with van der Waals surface area (Å²) in [4.78, 5) is 8.89. The van der Waals surface area contributed by atoms with Crippen LogP contribution in [0.2, 0.25) is 0 Å². The molecule has 0 aliphatic heterocycles. The normalized spacial score (nSPS) is 7.78. The standard InChI is InChI=1S/C2H4O2.Ag.3ClH.Gd/c1-2(3)4;;;;;/h1H3,(H,3,4);;3*1H;/q;+1;;;;+3/p-4. The second-order valence-corrected chi connectivity index (χ2v) is 10.6. The van der Waals surface area contributed by atoms with Crippen molar-refractivity contribution in [3.05, 3.63) is 0 Å². The molecular weight excluding hydrogens is 427 g/mol. The minimum absolute atomic E-state index is 0. The molecule has 0 aromatic rings. The average molecular weight is 431 g/mol. The summed E-state index contributed by atoms with van der Waals surface area (Å²) >= 11 is -1.98. The molecule has 0 bridgehead atoms. The van der Waals surface area contributed by atoms with Gasteiger partial charge < -0.3 is 9.90 Å². The van der Waals surface area contributed by atoms with Crippen molar-refractivity contribution in [2.24, 2.45) is 0 Å². The first-order valence-corrected chi connectivity index (χ1v) is 9.83. The van der Waals surface area contributed by atoms with E-state index < -0.39 is 35.2 Å². The molecule has 0 fully saturated rings. The van der Waals surface area contributed by atoms with E-state index in [0.717, 1.165) is 6.92 Å². The molecule has 0 N–H and O–H groups in total. The summed E-state index contributed by atoms with van der Waals surface area (Å²) in [6, 6.07) is 0. The van der Waals surface area contributed by atoms with E-state index in [2.05, 4.69) is 0 Å². The van der Waals surface area contributed by atoms with E-state index in [-0.39, 0.29) is 22.4 Å². The molecule has 0 heterocycles. The molecule has 0 aromatic carbocycles. The number of rotatable bonds is 0. The van der Waals surface area contributed by atoms with E-state index in [4.69, 9.17) is 27.8 Å². The maximum absolute atomic E-state index is 8.89. The third-order valence-electron chi connectivity index (χ3n) is 0. The van der Waals surface area contributed by atoms with Gasteiger partial charge in [0.05, 0.1) is 0 Å². The molecule has 0 unspecified atom stereocenters. The first kappa shape index (κ1) is 17.5. The number of aliphatic carboxylic acids is 1. The SMILES string of the molecule is CC(=O)[O-].[Ag+].[Cl][Gd]([Cl])[Cl]. The summed E-state index contributed by atoms with van der Waals surface area (Å²) in [5.41, 5.74) is 0. The third-order valence-corrected chi connectivity index (χ3v) is 0. The van der Waals surface area contributed by atoms with Gasteiger partial charge in [-0.25, -0.2) is 0 Å². The van der Waals surface area contributed by atoms with E-state index in [0.29, 0.717) is 0 Å². The topological polar surface area (TPSA) is 40.1 Å². The predicted octanol–water partition coefficient (Wildman–Crippen LogP) is 0.822. The zero-order chi connectivity index (χ0) is 7.15. The van der Waals surface area contributed by atoms with Gasteiger partial charge in [-0.3, -0.25) is 0 Å². The van der Waals surface area contributed by atoms with Crippen LogP contribution in [0.3, 0.4) is 0 Å². The summed E-state index contributed by atoms with van der Waals surface area (Å²) in [5.74, 6) is 13.9. The molecule has 9 heavy (non-hydrogen) atoms. The molecule has 0 amide bonds. The first-order valence-electron chi connectivity index (χ1n) is 1.31. The second-order valence-electron chi connectivity index (χ2n) is 0.643. The maximum atomic E-state index is 8.89. The molecule has 0 aliphatic carbocycles. The van der Waals surface area contributed by atoms with Crippen LogP contribution in [0, 0.1) is 29.2 Å². The van der Waals surface area contributed by atoms with Crippen molar-refractivity contribution >= 4 is 23.9 Å². The van der Waals surface area contributed by atoms with Crippen molar-refractivity contribution in [1.29, 1.82) is 0 Å². The predicted molar refractivity (Wildman–Crippen MR) is 28.2 cm³/mol. The molecule has 0 spiro atoms. The second kappa shape index (κ2) is 13.0. The van der Waals surface area contributed by atoms with Gasteiger partial charge in [-0.2, -0.15) is 0 Å². The fourth-order valence-corrected chi connectivity index (χ4v) is 0. The molecule has 0 saturated carbocycles. The monoisotopic (exact) mass is 429 g/mol. The minimum atomic E-state index is -1.98. The zero-order valence-electron chi connectivity index (χ0n) is 4.11. The summed E-state index contributed by atoms with van der Waals surface area (Å²) in [5, 5.41) is 8.89. The fourth-order valence-electron chi connectivity index (χ4n) is 0. The van der Waals surface area contributed by atoms with Crippen LogP contribution in [-0.2, 0) is 27.2 Å². The molecule has 2 nitrogen and oxygen atoms in total. The Morgan fingerprint density at radius 2 is 1.44 bits per heavy atom. The van der Waals surface area contributed by atoms with Crippen LogP contribution in [0.1, 0.15) is 6.92 Å². The van der Waals surface area contributed by atoms with Gasteiger partial charge in [0.15, 0.2) is 0 Å². The van der Waals surface area contributed by atoms with Crippen LogP contribution in [-0.4, -0.2) is 5.97 Å². The molecule has 0 aromatic heterocycles. The van der Waals surface area contributed by atoms with Crippen molar-refractivity contribution in [3.8, 4) is 0 Å². The van der Waals surface area contributed by atoms with E-state index >= 15 is 0 Å². The Hall–Kier alpha value is 2.40. The van der Waals surface area contributed by atoms with E-state index in [1.165, 1.54) is 0 Å². The van der Waals surface area contributed by atoms with Crippen LogP contribution in [0.5, 0.6) is 0 Å². The number of halogens is 3. The molecule has 0 rings (SSSR count). The molecular formula is C2H3AgCl3GdO2. The van der Waals surface area contributed by atoms with Crippen LogP contribution in [0.4, 0.5) is 0 Å². The van der Waals surface area contributed by atoms with Gasteiger partial charge in [0.2, 0.25) is 0 Å². The molecule has 63 valence electrons. The number of hydrogen-bond acceptors (Lipinski definition) is 2. The molecule has 7 heteroatoms. The van der Waals surface area contributed by atoms with Crippen LogP contribution >= 0.6 is 17.9 Å². The quantitative estimate of drug-likeness (QED) is 0.534. The van der Waals surface area contributed by atoms with Gasteiger partial charge in [0.1, 0.15) is 0 Å². The number of carbonyl (C=O) groups is 1. The summed E-state index contributed by atoms with van der Waals surface area (Å²) in [6.45, 7) is 0.972. The average Bonchev–Trinajstić information content (AvgIpc) is 1.25. The molecule has 0 aliphatic rings. The summed E-state index contributed by atoms with van der Waals surface area (Å²) in [6.07, 6.45) is 0. The summed E-state index contributed by atoms with van der Waals surface area (Å²) < 4.78 is 0. The Bertz CT molecular complexity index is 64.1. The van der Waals surface area contributed by atoms with E-state index in [9.17, 15) is 0 Å². The Labute approximate surface area is 90.3 Å². The van der Waals surface area contributed by atoms with Gasteiger partial charge >= 0.3 is 69.5 Å². The van der Waals surface area contributed by atoms with Crippen LogP contribution in [0.15, 0.2) is 0 Å². The number of carbonyl (C=O) groups excluding carboxylic acids is 1. The van der Waals surface area contributed by atoms with Crippen molar-refractivity contribution in [3.63, 3.8) is 0 Å². The Kier molecular flexibility index (Phi) is 25.3. The van der Waals surface area contributed by atoms with Crippen LogP contribution in [0.25, 0.3) is 0 Å². The number of carboxylic acids is 1. The van der Waals surface area contributed by atoms with Gasteiger partial charge in [0, 0.05) is 5.97 Å². The van der Waals surface area contributed by atoms with Gasteiger partial charge in [-0.1, -0.05) is 0 Å². The van der Waals surface area contributed by atoms with Gasteiger partial charge in [-0.05, 0) is 6.92 Å². The molecule has 0 radical (unpaired) electrons. The van der Waals surface area contributed by atoms with Crippen molar-refractivity contribution in [2.45, 2.75) is 6.92 Å². The molecule has 0 saturated heterocycles. The van der Waals surface area contributed by atoms with Gasteiger partial charge in [-0.15, -0.1) is 0 Å². The van der Waals surface area contributed by atoms with Crippen molar-refractivity contribution < 1.29 is 61.5 Å². The zero-order valence-corrected chi connectivity index (χ0v) is 10.1. The molecule has 0 atom stereocenters. The number of hydrogen-bond donors (Lipinski definition) is 0. The van der Waals surface area contributed by atoms with Crippen molar-refractivity contribution in [1.82, 2.24) is 0 Å². The van der Waals surface area contributed by atoms with E-state index in [1.54, 1.807) is 0 Å². The van der Waals surface area contributed by atoms with Crippen LogP contribution < -0.4 is 5.11 Å². The summed E-state index contributed by atoms with van der Waals surface area (Å²) in [7, 11) is 0. The fraction of sp³-hybridized carbons (Fsp3) is 0.500. The van der Waals surface area contributed by atoms with E-state index in [1.807, 2.05) is 0 Å². The Morgan fingerprint density at radius 3 is 1.44 bits per heavy atom. The number of carboxylic acid groups (broad SMARTS) is 1.